The summed E-state index contributed by atoms with van der Waals surface area (Å²) in [7, 11) is -3.43. The van der Waals surface area contributed by atoms with Crippen molar-refractivity contribution in [2.45, 2.75) is 18.4 Å². The molecule has 1 aliphatic rings. The number of hydrogen-bond donors (Lipinski definition) is 1. The molecule has 0 aliphatic carbocycles. The van der Waals surface area contributed by atoms with Crippen molar-refractivity contribution >= 4 is 44.8 Å². The number of nitrogens with one attached hydrogen (secondary N) is 1. The van der Waals surface area contributed by atoms with Crippen LogP contribution < -0.4 is 5.32 Å². The Kier molecular flexibility index (Phi) is 6.70. The highest BCUT2D eigenvalue weighted by Gasteiger charge is 2.18. The quantitative estimate of drug-likeness (QED) is 0.767. The molecule has 8 heteroatoms. The third-order valence-electron chi connectivity index (χ3n) is 4.80. The van der Waals surface area contributed by atoms with Crippen molar-refractivity contribution in [1.82, 2.24) is 4.90 Å². The van der Waals surface area contributed by atoms with Gasteiger partial charge in [0.05, 0.1) is 15.5 Å². The summed E-state index contributed by atoms with van der Waals surface area (Å²) >= 11 is 8.12. The van der Waals surface area contributed by atoms with E-state index < -0.39 is 15.7 Å². The average Bonchev–Trinajstić information content (AvgIpc) is 2.65. The average molecular weight is 439 g/mol. The van der Waals surface area contributed by atoms with Crippen LogP contribution in [0.4, 0.5) is 5.69 Å². The highest BCUT2D eigenvalue weighted by atomic mass is 35.5. The first-order chi connectivity index (χ1) is 13.3. The van der Waals surface area contributed by atoms with Crippen LogP contribution in [0.25, 0.3) is 0 Å². The van der Waals surface area contributed by atoms with Gasteiger partial charge in [0.25, 0.3) is 5.91 Å². The topological polar surface area (TPSA) is 66.5 Å². The van der Waals surface area contributed by atoms with E-state index in [4.69, 9.17) is 11.6 Å². The number of sulfone groups is 1. The summed E-state index contributed by atoms with van der Waals surface area (Å²) in [6.07, 6.45) is 1.10. The minimum atomic E-state index is -3.43. The maximum Gasteiger partial charge on any atom is 0.257 e. The molecule has 3 rings (SSSR count). The predicted octanol–water partition coefficient (Wildman–Crippen LogP) is 3.85. The Hall–Kier alpha value is -1.54. The second kappa shape index (κ2) is 8.86. The number of halogens is 1. The molecule has 1 heterocycles. The zero-order valence-corrected chi connectivity index (χ0v) is 18.3. The lowest BCUT2D eigenvalue weighted by Gasteiger charge is -2.27. The summed E-state index contributed by atoms with van der Waals surface area (Å²) in [4.78, 5) is 15.2. The molecule has 1 fully saturated rings. The molecule has 2 aromatic carbocycles. The molecule has 0 spiro atoms. The Labute approximate surface area is 175 Å². The number of thioether (sulfide) groups is 1. The van der Waals surface area contributed by atoms with E-state index in [1.54, 1.807) is 0 Å². The second-order valence-corrected chi connectivity index (χ2v) is 10.5. The maximum absolute atomic E-state index is 12.8. The van der Waals surface area contributed by atoms with Crippen LogP contribution in [-0.4, -0.2) is 50.1 Å². The van der Waals surface area contributed by atoms with Gasteiger partial charge in [0.1, 0.15) is 0 Å². The Morgan fingerprint density at radius 3 is 2.61 bits per heavy atom. The molecule has 150 valence electrons. The van der Waals surface area contributed by atoms with Crippen LogP contribution in [0, 0.1) is 6.92 Å². The van der Waals surface area contributed by atoms with Gasteiger partial charge in [0, 0.05) is 43.1 Å². The number of carbonyl (C=O) groups is 1. The highest BCUT2D eigenvalue weighted by molar-refractivity contribution is 7.99. The Morgan fingerprint density at radius 2 is 1.93 bits per heavy atom. The summed E-state index contributed by atoms with van der Waals surface area (Å²) in [5.74, 6) is 1.86. The monoisotopic (exact) mass is 438 g/mol. The maximum atomic E-state index is 12.8. The van der Waals surface area contributed by atoms with Crippen LogP contribution in [-0.2, 0) is 16.4 Å². The van der Waals surface area contributed by atoms with E-state index in [9.17, 15) is 13.2 Å². The number of amides is 1. The van der Waals surface area contributed by atoms with Gasteiger partial charge in [-0.2, -0.15) is 11.8 Å². The van der Waals surface area contributed by atoms with E-state index in [2.05, 4.69) is 16.3 Å². The fourth-order valence-corrected chi connectivity index (χ4v) is 4.92. The fraction of sp³-hybridized carbons (Fsp3) is 0.350. The Bertz CT molecular complexity index is 987. The van der Waals surface area contributed by atoms with Crippen molar-refractivity contribution in [3.8, 4) is 0 Å². The molecule has 1 saturated heterocycles. The van der Waals surface area contributed by atoms with Crippen molar-refractivity contribution in [2.24, 2.45) is 0 Å². The zero-order chi connectivity index (χ0) is 20.3. The number of anilines is 1. The zero-order valence-electron chi connectivity index (χ0n) is 15.9. The van der Waals surface area contributed by atoms with E-state index >= 15 is 0 Å². The van der Waals surface area contributed by atoms with E-state index in [-0.39, 0.29) is 15.5 Å². The van der Waals surface area contributed by atoms with Gasteiger partial charge in [-0.05, 0) is 42.3 Å². The molecule has 28 heavy (non-hydrogen) atoms. The van der Waals surface area contributed by atoms with Crippen LogP contribution in [0.15, 0.2) is 41.3 Å². The third kappa shape index (κ3) is 5.08. The number of rotatable bonds is 5. The van der Waals surface area contributed by atoms with Crippen LogP contribution >= 0.6 is 23.4 Å². The minimum Gasteiger partial charge on any atom is -0.322 e. The molecule has 2 aromatic rings. The predicted molar refractivity (Wildman–Crippen MR) is 116 cm³/mol. The van der Waals surface area contributed by atoms with Crippen LogP contribution in [0.1, 0.15) is 21.5 Å². The molecule has 0 radical (unpaired) electrons. The van der Waals surface area contributed by atoms with Gasteiger partial charge in [-0.15, -0.1) is 0 Å². The Balaban J connectivity index is 1.82. The lowest BCUT2D eigenvalue weighted by Crippen LogP contribution is -2.32. The van der Waals surface area contributed by atoms with Gasteiger partial charge in [0.2, 0.25) is 0 Å². The Morgan fingerprint density at radius 1 is 1.21 bits per heavy atom. The number of hydrogen-bond acceptors (Lipinski definition) is 5. The largest absolute Gasteiger partial charge is 0.322 e. The van der Waals surface area contributed by atoms with Gasteiger partial charge in [-0.3, -0.25) is 9.69 Å². The third-order valence-corrected chi connectivity index (χ3v) is 7.18. The van der Waals surface area contributed by atoms with Crippen LogP contribution in [0.3, 0.4) is 0 Å². The summed E-state index contributed by atoms with van der Waals surface area (Å²) < 4.78 is 23.6. The molecule has 1 aliphatic heterocycles. The molecule has 5 nitrogen and oxygen atoms in total. The van der Waals surface area contributed by atoms with Gasteiger partial charge >= 0.3 is 0 Å². The highest BCUT2D eigenvalue weighted by Crippen LogP contribution is 2.25. The van der Waals surface area contributed by atoms with Gasteiger partial charge in [0.15, 0.2) is 9.84 Å². The summed E-state index contributed by atoms with van der Waals surface area (Å²) in [6, 6.07) is 9.99. The summed E-state index contributed by atoms with van der Waals surface area (Å²) in [6.45, 7) is 4.96. The first kappa shape index (κ1) is 21.2. The van der Waals surface area contributed by atoms with Gasteiger partial charge < -0.3 is 5.32 Å². The second-order valence-electron chi connectivity index (χ2n) is 6.85. The van der Waals surface area contributed by atoms with Crippen molar-refractivity contribution in [3.05, 3.63) is 58.1 Å². The molecular formula is C20H23ClN2O3S2. The number of nitrogens with zero attached hydrogens (tertiary/aromatic N) is 1. The van der Waals surface area contributed by atoms with Crippen molar-refractivity contribution in [1.29, 1.82) is 0 Å². The first-order valence-corrected chi connectivity index (χ1v) is 12.4. The van der Waals surface area contributed by atoms with E-state index in [0.717, 1.165) is 43.0 Å². The molecule has 0 saturated carbocycles. The lowest BCUT2D eigenvalue weighted by molar-refractivity contribution is 0.102. The van der Waals surface area contributed by atoms with E-state index in [1.807, 2.05) is 30.8 Å². The fourth-order valence-electron chi connectivity index (χ4n) is 3.09. The molecule has 0 bridgehead atoms. The van der Waals surface area contributed by atoms with Crippen LogP contribution in [0.5, 0.6) is 0 Å². The van der Waals surface area contributed by atoms with E-state index in [0.29, 0.717) is 5.69 Å². The standard InChI is InChI=1S/C20H23ClN2O3S2/c1-14-15(13-23-8-10-27-11-9-23)4-3-5-19(14)22-20(24)17-12-16(28(2,25)26)6-7-18(17)21/h3-7,12H,8-11,13H2,1-2H3,(H,22,24). The molecular weight excluding hydrogens is 416 g/mol. The summed E-state index contributed by atoms with van der Waals surface area (Å²) in [5.41, 5.74) is 3.02. The normalized spacial score (nSPS) is 15.4. The van der Waals surface area contributed by atoms with Crippen LogP contribution in [0.2, 0.25) is 5.02 Å². The molecule has 0 aromatic heterocycles. The minimum absolute atomic E-state index is 0.0653. The molecule has 0 unspecified atom stereocenters. The van der Waals surface area contributed by atoms with E-state index in [1.165, 1.54) is 23.8 Å². The van der Waals surface area contributed by atoms with Crippen molar-refractivity contribution < 1.29 is 13.2 Å². The lowest BCUT2D eigenvalue weighted by atomic mass is 10.1. The molecule has 1 N–H and O–H groups in total. The summed E-state index contributed by atoms with van der Waals surface area (Å²) in [5, 5.41) is 3.10. The van der Waals surface area contributed by atoms with Crippen molar-refractivity contribution in [3.63, 3.8) is 0 Å². The number of carbonyl (C=O) groups excluding carboxylic acids is 1. The smallest absolute Gasteiger partial charge is 0.257 e. The number of benzene rings is 2. The molecule has 0 atom stereocenters. The van der Waals surface area contributed by atoms with Crippen molar-refractivity contribution in [2.75, 3.05) is 36.2 Å². The van der Waals surface area contributed by atoms with Gasteiger partial charge in [-0.1, -0.05) is 23.7 Å². The first-order valence-electron chi connectivity index (χ1n) is 8.95. The SMILES string of the molecule is Cc1c(CN2CCSCC2)cccc1NC(=O)c1cc(S(C)(=O)=O)ccc1Cl. The molecule has 1 amide bonds. The van der Waals surface area contributed by atoms with Gasteiger partial charge in [-0.25, -0.2) is 8.42 Å².